The molecular weight excluding hydrogens is 354 g/mol. The number of tetrazole rings is 1. The van der Waals surface area contributed by atoms with Gasteiger partial charge in [-0.15, -0.1) is 5.10 Å². The van der Waals surface area contributed by atoms with Crippen molar-refractivity contribution in [2.75, 3.05) is 17.7 Å². The topological polar surface area (TPSA) is 111 Å². The predicted molar refractivity (Wildman–Crippen MR) is 95.7 cm³/mol. The first kappa shape index (κ1) is 18.4. The third kappa shape index (κ3) is 3.73. The van der Waals surface area contributed by atoms with Crippen molar-refractivity contribution in [1.29, 1.82) is 5.26 Å². The third-order valence-corrected chi connectivity index (χ3v) is 5.53. The Morgan fingerprint density at radius 1 is 1.50 bits per heavy atom. The molecule has 1 amide bonds. The van der Waals surface area contributed by atoms with Crippen molar-refractivity contribution in [1.82, 2.24) is 24.8 Å². The van der Waals surface area contributed by atoms with Gasteiger partial charge in [-0.3, -0.25) is 4.79 Å². The average Bonchev–Trinajstić information content (AvgIpc) is 3.32. The molecule has 2 aromatic heterocycles. The minimum atomic E-state index is -0.208. The molecule has 1 fully saturated rings. The van der Waals surface area contributed by atoms with Gasteiger partial charge >= 0.3 is 0 Å². The lowest BCUT2D eigenvalue weighted by Gasteiger charge is -2.16. The van der Waals surface area contributed by atoms with E-state index in [2.05, 4.69) is 26.9 Å². The molecule has 3 heterocycles. The summed E-state index contributed by atoms with van der Waals surface area (Å²) in [5.41, 5.74) is 2.35. The quantitative estimate of drug-likeness (QED) is 0.760. The van der Waals surface area contributed by atoms with Gasteiger partial charge in [-0.25, -0.2) is 4.68 Å². The summed E-state index contributed by atoms with van der Waals surface area (Å²) in [6.07, 6.45) is 2.14. The van der Waals surface area contributed by atoms with Crippen LogP contribution in [0.25, 0.3) is 0 Å². The highest BCUT2D eigenvalue weighted by molar-refractivity contribution is 7.99. The maximum absolute atomic E-state index is 12.4. The summed E-state index contributed by atoms with van der Waals surface area (Å²) >= 11 is 1.24. The molecular formula is C16H21N7O2S. The number of rotatable bonds is 6. The van der Waals surface area contributed by atoms with Gasteiger partial charge in [-0.05, 0) is 42.7 Å². The Kier molecular flexibility index (Phi) is 5.58. The highest BCUT2D eigenvalue weighted by atomic mass is 32.2. The van der Waals surface area contributed by atoms with Gasteiger partial charge < -0.3 is 14.6 Å². The molecule has 2 aromatic rings. The summed E-state index contributed by atoms with van der Waals surface area (Å²) in [5.74, 6) is 0.489. The molecule has 138 valence electrons. The zero-order valence-electron chi connectivity index (χ0n) is 15.0. The number of nitrogens with one attached hydrogen (secondary N) is 1. The molecule has 1 N–H and O–H groups in total. The van der Waals surface area contributed by atoms with E-state index >= 15 is 0 Å². The van der Waals surface area contributed by atoms with Gasteiger partial charge in [0.2, 0.25) is 11.1 Å². The maximum atomic E-state index is 12.4. The van der Waals surface area contributed by atoms with Crippen molar-refractivity contribution in [2.24, 2.45) is 7.05 Å². The molecule has 0 spiro atoms. The molecule has 1 aliphatic rings. The van der Waals surface area contributed by atoms with E-state index in [1.54, 1.807) is 7.05 Å². The van der Waals surface area contributed by atoms with E-state index in [9.17, 15) is 10.1 Å². The Morgan fingerprint density at radius 2 is 2.31 bits per heavy atom. The molecule has 3 rings (SSSR count). The number of carbonyl (C=O) groups excluding carboxylic acids is 1. The minimum absolute atomic E-state index is 0.113. The largest absolute Gasteiger partial charge is 0.376 e. The average molecular weight is 375 g/mol. The number of aryl methyl sites for hydroxylation is 1. The van der Waals surface area contributed by atoms with E-state index in [0.717, 1.165) is 30.7 Å². The van der Waals surface area contributed by atoms with Crippen molar-refractivity contribution in [3.05, 3.63) is 16.8 Å². The highest BCUT2D eigenvalue weighted by Crippen LogP contribution is 2.28. The molecule has 0 saturated carbocycles. The second kappa shape index (κ2) is 7.88. The summed E-state index contributed by atoms with van der Waals surface area (Å²) in [6.45, 7) is 5.25. The van der Waals surface area contributed by atoms with E-state index in [4.69, 9.17) is 4.74 Å². The summed E-state index contributed by atoms with van der Waals surface area (Å²) in [4.78, 5) is 12.4. The Balaban J connectivity index is 1.76. The fourth-order valence-corrected chi connectivity index (χ4v) is 3.64. The number of aromatic nitrogens is 5. The monoisotopic (exact) mass is 375 g/mol. The first-order valence-electron chi connectivity index (χ1n) is 8.37. The van der Waals surface area contributed by atoms with Gasteiger partial charge in [-0.1, -0.05) is 11.8 Å². The van der Waals surface area contributed by atoms with Gasteiger partial charge in [0.25, 0.3) is 0 Å². The Bertz CT molecular complexity index is 846. The highest BCUT2D eigenvalue weighted by Gasteiger charge is 2.24. The zero-order chi connectivity index (χ0) is 18.7. The van der Waals surface area contributed by atoms with Crippen molar-refractivity contribution >= 4 is 23.5 Å². The Morgan fingerprint density at radius 3 is 2.92 bits per heavy atom. The lowest BCUT2D eigenvalue weighted by atomic mass is 10.2. The lowest BCUT2D eigenvalue weighted by Crippen LogP contribution is -2.22. The van der Waals surface area contributed by atoms with E-state index in [0.29, 0.717) is 23.1 Å². The van der Waals surface area contributed by atoms with Gasteiger partial charge in [-0.2, -0.15) is 5.26 Å². The van der Waals surface area contributed by atoms with Crippen LogP contribution in [0.5, 0.6) is 0 Å². The number of carbonyl (C=O) groups is 1. The molecule has 1 atom stereocenters. The Hall–Kier alpha value is -2.38. The summed E-state index contributed by atoms with van der Waals surface area (Å²) in [5, 5.41) is 24.1. The van der Waals surface area contributed by atoms with Crippen molar-refractivity contribution in [3.63, 3.8) is 0 Å². The van der Waals surface area contributed by atoms with Crippen LogP contribution in [-0.4, -0.2) is 49.1 Å². The number of ether oxygens (including phenoxy) is 1. The number of amides is 1. The first-order chi connectivity index (χ1) is 12.5. The van der Waals surface area contributed by atoms with Crippen LogP contribution < -0.4 is 5.32 Å². The molecule has 0 bridgehead atoms. The first-order valence-corrected chi connectivity index (χ1v) is 9.36. The summed E-state index contributed by atoms with van der Waals surface area (Å²) < 4.78 is 9.21. The van der Waals surface area contributed by atoms with E-state index in [1.165, 1.54) is 16.4 Å². The third-order valence-electron chi connectivity index (χ3n) is 4.52. The second-order valence-corrected chi connectivity index (χ2v) is 7.16. The van der Waals surface area contributed by atoms with Crippen LogP contribution in [0.3, 0.4) is 0 Å². The molecule has 26 heavy (non-hydrogen) atoms. The van der Waals surface area contributed by atoms with Crippen LogP contribution in [0.15, 0.2) is 5.16 Å². The molecule has 9 nitrogen and oxygen atoms in total. The van der Waals surface area contributed by atoms with Crippen LogP contribution in [-0.2, 0) is 23.1 Å². The molecule has 1 aliphatic heterocycles. The Labute approximate surface area is 155 Å². The van der Waals surface area contributed by atoms with E-state index < -0.39 is 0 Å². The number of hydrogen-bond acceptors (Lipinski definition) is 7. The SMILES string of the molecule is Cc1c(C#N)c(NC(=O)CSc2nnnn2C)n(CC2CCCO2)c1C. The fraction of sp³-hybridized carbons (Fsp3) is 0.562. The lowest BCUT2D eigenvalue weighted by molar-refractivity contribution is -0.113. The van der Waals surface area contributed by atoms with Gasteiger partial charge in [0.05, 0.1) is 24.0 Å². The number of nitriles is 1. The maximum Gasteiger partial charge on any atom is 0.235 e. The standard InChI is InChI=1S/C16H21N7O2S/c1-10-11(2)23(8-12-5-4-6-25-12)15(13(10)7-17)18-14(24)9-26-16-19-20-21-22(16)3/h12H,4-6,8-9H2,1-3H3,(H,18,24). The zero-order valence-corrected chi connectivity index (χ0v) is 15.8. The van der Waals surface area contributed by atoms with Crippen LogP contribution in [0.4, 0.5) is 5.82 Å². The van der Waals surface area contributed by atoms with Gasteiger partial charge in [0.15, 0.2) is 0 Å². The minimum Gasteiger partial charge on any atom is -0.376 e. The molecule has 1 saturated heterocycles. The van der Waals surface area contributed by atoms with Gasteiger partial charge in [0.1, 0.15) is 11.9 Å². The molecule has 0 aromatic carbocycles. The number of anilines is 1. The van der Waals surface area contributed by atoms with E-state index in [-0.39, 0.29) is 17.8 Å². The fourth-order valence-electron chi connectivity index (χ4n) is 2.99. The van der Waals surface area contributed by atoms with Crippen LogP contribution in [0.2, 0.25) is 0 Å². The van der Waals surface area contributed by atoms with Crippen molar-refractivity contribution < 1.29 is 9.53 Å². The summed E-state index contributed by atoms with van der Waals surface area (Å²) in [6, 6.07) is 2.21. The van der Waals surface area contributed by atoms with Crippen LogP contribution in [0.1, 0.15) is 29.7 Å². The molecule has 10 heteroatoms. The number of thioether (sulfide) groups is 1. The second-order valence-electron chi connectivity index (χ2n) is 6.21. The number of nitrogens with zero attached hydrogens (tertiary/aromatic N) is 6. The molecule has 0 aliphatic carbocycles. The van der Waals surface area contributed by atoms with Crippen LogP contribution >= 0.6 is 11.8 Å². The number of hydrogen-bond donors (Lipinski definition) is 1. The smallest absolute Gasteiger partial charge is 0.235 e. The van der Waals surface area contributed by atoms with Gasteiger partial charge in [0, 0.05) is 19.3 Å². The van der Waals surface area contributed by atoms with E-state index in [1.807, 2.05) is 18.4 Å². The van der Waals surface area contributed by atoms with Crippen molar-refractivity contribution in [2.45, 2.75) is 44.5 Å². The normalized spacial score (nSPS) is 16.6. The van der Waals surface area contributed by atoms with Crippen molar-refractivity contribution in [3.8, 4) is 6.07 Å². The van der Waals surface area contributed by atoms with Crippen LogP contribution in [0, 0.1) is 25.2 Å². The molecule has 0 radical (unpaired) electrons. The molecule has 1 unspecified atom stereocenters. The predicted octanol–water partition coefficient (Wildman–Crippen LogP) is 1.41. The summed E-state index contributed by atoms with van der Waals surface area (Å²) in [7, 11) is 1.72.